The molecule has 0 radical (unpaired) electrons. The fourth-order valence-electron chi connectivity index (χ4n) is 4.04. The first-order chi connectivity index (χ1) is 8.67. The molecule has 2 fully saturated rings. The molecule has 2 heterocycles. The van der Waals surface area contributed by atoms with Crippen LogP contribution in [0.15, 0.2) is 0 Å². The van der Waals surface area contributed by atoms with Gasteiger partial charge in [-0.2, -0.15) is 0 Å². The van der Waals surface area contributed by atoms with Crippen LogP contribution in [0.1, 0.15) is 59.3 Å². The summed E-state index contributed by atoms with van der Waals surface area (Å²) in [5.74, 6) is 0. The molecule has 2 rings (SSSR count). The summed E-state index contributed by atoms with van der Waals surface area (Å²) >= 11 is 0. The van der Waals surface area contributed by atoms with Gasteiger partial charge in [-0.15, -0.1) is 0 Å². The van der Waals surface area contributed by atoms with Crippen LogP contribution in [0.3, 0.4) is 0 Å². The van der Waals surface area contributed by atoms with Crippen molar-refractivity contribution in [3.05, 3.63) is 0 Å². The van der Waals surface area contributed by atoms with Crippen LogP contribution in [-0.2, 0) is 0 Å². The van der Waals surface area contributed by atoms with E-state index in [0.717, 1.165) is 0 Å². The Balaban J connectivity index is 1.93. The van der Waals surface area contributed by atoms with E-state index in [-0.39, 0.29) is 0 Å². The third-order valence-electron chi connectivity index (χ3n) is 5.99. The second kappa shape index (κ2) is 5.92. The van der Waals surface area contributed by atoms with Gasteiger partial charge in [0.15, 0.2) is 0 Å². The Bertz CT molecular complexity index is 252. The van der Waals surface area contributed by atoms with Crippen LogP contribution in [0.5, 0.6) is 0 Å². The molecule has 0 aromatic rings. The summed E-state index contributed by atoms with van der Waals surface area (Å²) in [6.07, 6.45) is 8.27. The highest BCUT2D eigenvalue weighted by Crippen LogP contribution is 2.40. The number of likely N-dealkylation sites (tertiary alicyclic amines) is 1. The van der Waals surface area contributed by atoms with Gasteiger partial charge in [-0.1, -0.05) is 20.8 Å². The molecule has 0 aliphatic carbocycles. The van der Waals surface area contributed by atoms with Crippen molar-refractivity contribution >= 4 is 0 Å². The van der Waals surface area contributed by atoms with Gasteiger partial charge in [-0.3, -0.25) is 0 Å². The molecule has 0 atom stereocenters. The summed E-state index contributed by atoms with van der Waals surface area (Å²) in [5.41, 5.74) is 1.25. The monoisotopic (exact) mass is 252 g/mol. The molecular formula is C16H32N2. The molecule has 2 saturated heterocycles. The Kier molecular flexibility index (Phi) is 4.71. The highest BCUT2D eigenvalue weighted by Gasteiger charge is 2.39. The van der Waals surface area contributed by atoms with Crippen molar-refractivity contribution in [3.8, 4) is 0 Å². The summed E-state index contributed by atoms with van der Waals surface area (Å²) in [7, 11) is 0. The Morgan fingerprint density at radius 3 is 2.00 bits per heavy atom. The van der Waals surface area contributed by atoms with Crippen LogP contribution >= 0.6 is 0 Å². The SMILES string of the molecule is CCC1(CC)CCN(CC2(CC)CCNCC2)C1. The molecule has 0 unspecified atom stereocenters. The smallest absolute Gasteiger partial charge is 0.00391 e. The lowest BCUT2D eigenvalue weighted by atomic mass is 9.76. The molecule has 0 saturated carbocycles. The minimum absolute atomic E-state index is 0.614. The molecule has 0 spiro atoms. The first kappa shape index (κ1) is 14.3. The predicted molar refractivity (Wildman–Crippen MR) is 78.9 cm³/mol. The van der Waals surface area contributed by atoms with Crippen LogP contribution in [0.2, 0.25) is 0 Å². The predicted octanol–water partition coefficient (Wildman–Crippen LogP) is 3.28. The molecule has 0 aromatic heterocycles. The quantitative estimate of drug-likeness (QED) is 0.808. The minimum Gasteiger partial charge on any atom is -0.317 e. The summed E-state index contributed by atoms with van der Waals surface area (Å²) in [6, 6.07) is 0. The van der Waals surface area contributed by atoms with E-state index < -0.39 is 0 Å². The molecule has 2 aliphatic heterocycles. The van der Waals surface area contributed by atoms with Gasteiger partial charge in [0, 0.05) is 13.1 Å². The van der Waals surface area contributed by atoms with E-state index in [1.165, 1.54) is 71.2 Å². The van der Waals surface area contributed by atoms with Gasteiger partial charge >= 0.3 is 0 Å². The average molecular weight is 252 g/mol. The Morgan fingerprint density at radius 1 is 0.889 bits per heavy atom. The lowest BCUT2D eigenvalue weighted by molar-refractivity contribution is 0.111. The molecule has 0 amide bonds. The molecular weight excluding hydrogens is 220 g/mol. The van der Waals surface area contributed by atoms with Gasteiger partial charge < -0.3 is 10.2 Å². The fourth-order valence-corrected chi connectivity index (χ4v) is 4.04. The summed E-state index contributed by atoms with van der Waals surface area (Å²) in [4.78, 5) is 2.78. The van der Waals surface area contributed by atoms with Crippen LogP contribution in [0.25, 0.3) is 0 Å². The van der Waals surface area contributed by atoms with Crippen molar-refractivity contribution in [2.45, 2.75) is 59.3 Å². The maximum Gasteiger partial charge on any atom is 0.00391 e. The second-order valence-corrected chi connectivity index (χ2v) is 6.77. The zero-order valence-corrected chi connectivity index (χ0v) is 12.7. The van der Waals surface area contributed by atoms with E-state index in [0.29, 0.717) is 10.8 Å². The molecule has 2 aliphatic rings. The Hall–Kier alpha value is -0.0800. The maximum absolute atomic E-state index is 3.52. The second-order valence-electron chi connectivity index (χ2n) is 6.77. The van der Waals surface area contributed by atoms with Crippen LogP contribution < -0.4 is 5.32 Å². The first-order valence-electron chi connectivity index (χ1n) is 8.11. The number of nitrogens with zero attached hydrogens (tertiary/aromatic N) is 1. The number of rotatable bonds is 5. The van der Waals surface area contributed by atoms with E-state index >= 15 is 0 Å². The highest BCUT2D eigenvalue weighted by atomic mass is 15.2. The molecule has 0 bridgehead atoms. The number of hydrogen-bond acceptors (Lipinski definition) is 2. The van der Waals surface area contributed by atoms with Gasteiger partial charge in [-0.25, -0.2) is 0 Å². The van der Waals surface area contributed by atoms with E-state index in [1.807, 2.05) is 0 Å². The third kappa shape index (κ3) is 2.91. The molecule has 0 aromatic carbocycles. The molecule has 18 heavy (non-hydrogen) atoms. The topological polar surface area (TPSA) is 15.3 Å². The van der Waals surface area contributed by atoms with E-state index in [4.69, 9.17) is 0 Å². The first-order valence-corrected chi connectivity index (χ1v) is 8.11. The largest absolute Gasteiger partial charge is 0.317 e. The fraction of sp³-hybridized carbons (Fsp3) is 1.00. The molecule has 2 nitrogen and oxygen atoms in total. The van der Waals surface area contributed by atoms with Crippen molar-refractivity contribution in [1.82, 2.24) is 10.2 Å². The minimum atomic E-state index is 0.614. The van der Waals surface area contributed by atoms with Crippen molar-refractivity contribution in [3.63, 3.8) is 0 Å². The highest BCUT2D eigenvalue weighted by molar-refractivity contribution is 4.93. The van der Waals surface area contributed by atoms with Crippen LogP contribution in [0.4, 0.5) is 0 Å². The third-order valence-corrected chi connectivity index (χ3v) is 5.99. The Morgan fingerprint density at radius 2 is 1.50 bits per heavy atom. The van der Waals surface area contributed by atoms with Crippen LogP contribution in [0, 0.1) is 10.8 Å². The van der Waals surface area contributed by atoms with Gasteiger partial charge in [0.25, 0.3) is 0 Å². The van der Waals surface area contributed by atoms with Crippen molar-refractivity contribution in [2.75, 3.05) is 32.7 Å². The standard InChI is InChI=1S/C16H32N2/c1-4-15(5-2)9-12-18(13-15)14-16(6-3)7-10-17-11-8-16/h17H,4-14H2,1-3H3. The normalized spacial score (nSPS) is 27.5. The molecule has 1 N–H and O–H groups in total. The Labute approximate surface area is 114 Å². The van der Waals surface area contributed by atoms with E-state index in [1.54, 1.807) is 0 Å². The van der Waals surface area contributed by atoms with Crippen molar-refractivity contribution in [2.24, 2.45) is 10.8 Å². The van der Waals surface area contributed by atoms with Crippen molar-refractivity contribution in [1.29, 1.82) is 0 Å². The molecule has 106 valence electrons. The van der Waals surface area contributed by atoms with Crippen LogP contribution in [-0.4, -0.2) is 37.6 Å². The number of nitrogens with one attached hydrogen (secondary N) is 1. The lowest BCUT2D eigenvalue weighted by Gasteiger charge is -2.40. The van der Waals surface area contributed by atoms with Gasteiger partial charge in [-0.05, 0) is 69.0 Å². The van der Waals surface area contributed by atoms with Gasteiger partial charge in [0.1, 0.15) is 0 Å². The zero-order chi connectivity index (χ0) is 13.1. The van der Waals surface area contributed by atoms with Gasteiger partial charge in [0.05, 0.1) is 0 Å². The van der Waals surface area contributed by atoms with Crippen molar-refractivity contribution < 1.29 is 0 Å². The molecule has 2 heteroatoms. The maximum atomic E-state index is 3.52. The zero-order valence-electron chi connectivity index (χ0n) is 12.7. The number of piperidine rings is 1. The summed E-state index contributed by atoms with van der Waals surface area (Å²) in [5, 5.41) is 3.52. The average Bonchev–Trinajstić information content (AvgIpc) is 2.84. The number of hydrogen-bond donors (Lipinski definition) is 1. The van der Waals surface area contributed by atoms with E-state index in [9.17, 15) is 0 Å². The lowest BCUT2D eigenvalue weighted by Crippen LogP contribution is -2.44. The summed E-state index contributed by atoms with van der Waals surface area (Å²) < 4.78 is 0. The summed E-state index contributed by atoms with van der Waals surface area (Å²) in [6.45, 7) is 13.7. The van der Waals surface area contributed by atoms with E-state index in [2.05, 4.69) is 31.0 Å². The van der Waals surface area contributed by atoms with Gasteiger partial charge in [0.2, 0.25) is 0 Å².